The fourth-order valence-corrected chi connectivity index (χ4v) is 4.53. The van der Waals surface area contributed by atoms with Gasteiger partial charge in [0.15, 0.2) is 0 Å². The summed E-state index contributed by atoms with van der Waals surface area (Å²) >= 11 is 0. The molecule has 15 nitrogen and oxygen atoms in total. The van der Waals surface area contributed by atoms with Gasteiger partial charge >= 0.3 is 5.97 Å². The molecule has 0 bridgehead atoms. The number of hydrogen-bond donors (Lipinski definition) is 5. The number of unbranched alkanes of at least 4 members (excludes halogenated alkanes) is 9. The predicted molar refractivity (Wildman–Crippen MR) is 188 cm³/mol. The first kappa shape index (κ1) is 46.9. The third-order valence-electron chi connectivity index (χ3n) is 7.35. The molecule has 0 heterocycles. The van der Waals surface area contributed by atoms with Gasteiger partial charge in [0.25, 0.3) is 0 Å². The number of carboxylic acid groups (broad SMARTS) is 1. The van der Waals surface area contributed by atoms with Crippen molar-refractivity contribution < 1.29 is 52.8 Å². The average molecular weight is 717 g/mol. The lowest BCUT2D eigenvalue weighted by Gasteiger charge is -2.09. The van der Waals surface area contributed by atoms with Crippen LogP contribution in [0.25, 0.3) is 0 Å². The van der Waals surface area contributed by atoms with Gasteiger partial charge in [0.2, 0.25) is 23.6 Å². The zero-order chi connectivity index (χ0) is 36.8. The predicted octanol–water partition coefficient (Wildman–Crippen LogP) is 2.43. The molecule has 5 N–H and O–H groups in total. The molecule has 0 aromatic rings. The molecule has 50 heavy (non-hydrogen) atoms. The van der Waals surface area contributed by atoms with E-state index < -0.39 is 5.97 Å². The van der Waals surface area contributed by atoms with E-state index in [0.29, 0.717) is 98.1 Å². The SMILES string of the molecule is O=CCCCNC(=O)CCCCCNC(=O)CCOCCOCCNC(=O)CCOCCOCCNC(=O)CCCCCCCCCC(=O)O. The summed E-state index contributed by atoms with van der Waals surface area (Å²) in [6.45, 7) is 4.64. The lowest BCUT2D eigenvalue weighted by Crippen LogP contribution is -2.29. The Morgan fingerprint density at radius 1 is 0.400 bits per heavy atom. The molecule has 0 spiro atoms. The highest BCUT2D eigenvalue weighted by atomic mass is 16.5. The van der Waals surface area contributed by atoms with E-state index in [9.17, 15) is 28.8 Å². The second-order valence-corrected chi connectivity index (χ2v) is 11.8. The van der Waals surface area contributed by atoms with Crippen molar-refractivity contribution in [3.8, 4) is 0 Å². The van der Waals surface area contributed by atoms with Crippen LogP contribution in [0.15, 0.2) is 0 Å². The van der Waals surface area contributed by atoms with Crippen LogP contribution in [0, 0.1) is 0 Å². The Labute approximate surface area is 298 Å². The highest BCUT2D eigenvalue weighted by Gasteiger charge is 2.05. The van der Waals surface area contributed by atoms with Crippen LogP contribution in [0.1, 0.15) is 109 Å². The van der Waals surface area contributed by atoms with E-state index in [-0.39, 0.29) is 49.5 Å². The number of hydrogen-bond acceptors (Lipinski definition) is 10. The summed E-state index contributed by atoms with van der Waals surface area (Å²) in [6.07, 6.45) is 12.7. The van der Waals surface area contributed by atoms with E-state index in [1.54, 1.807) is 0 Å². The Morgan fingerprint density at radius 2 is 0.760 bits per heavy atom. The summed E-state index contributed by atoms with van der Waals surface area (Å²) in [5, 5.41) is 19.8. The zero-order valence-electron chi connectivity index (χ0n) is 30.1. The minimum absolute atomic E-state index is 0.0111. The first-order valence-corrected chi connectivity index (χ1v) is 18.4. The van der Waals surface area contributed by atoms with Crippen LogP contribution < -0.4 is 21.3 Å². The van der Waals surface area contributed by atoms with Crippen LogP contribution in [0.2, 0.25) is 0 Å². The first-order chi connectivity index (χ1) is 24.3. The second kappa shape index (κ2) is 37.1. The lowest BCUT2D eigenvalue weighted by atomic mass is 10.1. The fraction of sp³-hybridized carbons (Fsp3) is 0.829. The topological polar surface area (TPSA) is 208 Å². The molecule has 0 fully saturated rings. The summed E-state index contributed by atoms with van der Waals surface area (Å²) in [6, 6.07) is 0. The van der Waals surface area contributed by atoms with Gasteiger partial charge in [-0.15, -0.1) is 0 Å². The zero-order valence-corrected chi connectivity index (χ0v) is 30.1. The Hall–Kier alpha value is -3.14. The molecule has 0 unspecified atom stereocenters. The van der Waals surface area contributed by atoms with Gasteiger partial charge in [0, 0.05) is 64.7 Å². The highest BCUT2D eigenvalue weighted by molar-refractivity contribution is 5.77. The number of aliphatic carboxylic acids is 1. The van der Waals surface area contributed by atoms with E-state index in [4.69, 9.17) is 24.1 Å². The number of carboxylic acids is 1. The molecule has 290 valence electrons. The molecule has 0 atom stereocenters. The molecule has 15 heteroatoms. The average Bonchev–Trinajstić information content (AvgIpc) is 3.09. The lowest BCUT2D eigenvalue weighted by molar-refractivity contribution is -0.137. The summed E-state index contributed by atoms with van der Waals surface area (Å²) in [7, 11) is 0. The first-order valence-electron chi connectivity index (χ1n) is 18.4. The fourth-order valence-electron chi connectivity index (χ4n) is 4.53. The van der Waals surface area contributed by atoms with Crippen LogP contribution in [-0.2, 0) is 47.7 Å². The largest absolute Gasteiger partial charge is 0.481 e. The maximum Gasteiger partial charge on any atom is 0.303 e. The van der Waals surface area contributed by atoms with E-state index in [1.165, 1.54) is 0 Å². The van der Waals surface area contributed by atoms with Crippen LogP contribution in [0.4, 0.5) is 0 Å². The number of carbonyl (C=O) groups excluding carboxylic acids is 5. The maximum absolute atomic E-state index is 11.9. The van der Waals surface area contributed by atoms with Crippen molar-refractivity contribution >= 4 is 35.9 Å². The summed E-state index contributed by atoms with van der Waals surface area (Å²) in [5.41, 5.74) is 0. The van der Waals surface area contributed by atoms with Gasteiger partial charge in [-0.05, 0) is 32.1 Å². The number of ether oxygens (including phenoxy) is 4. The Balaban J connectivity index is 3.35. The minimum atomic E-state index is -0.740. The van der Waals surface area contributed by atoms with Crippen molar-refractivity contribution in [1.29, 1.82) is 0 Å². The van der Waals surface area contributed by atoms with Crippen LogP contribution in [0.5, 0.6) is 0 Å². The molecule has 0 saturated carbocycles. The van der Waals surface area contributed by atoms with Crippen molar-refractivity contribution in [2.24, 2.45) is 0 Å². The smallest absolute Gasteiger partial charge is 0.303 e. The van der Waals surface area contributed by atoms with Crippen molar-refractivity contribution in [2.45, 2.75) is 109 Å². The van der Waals surface area contributed by atoms with Gasteiger partial charge in [-0.25, -0.2) is 0 Å². The summed E-state index contributed by atoms with van der Waals surface area (Å²) < 4.78 is 21.7. The van der Waals surface area contributed by atoms with Gasteiger partial charge in [0.05, 0.1) is 52.9 Å². The van der Waals surface area contributed by atoms with E-state index in [0.717, 1.165) is 70.5 Å². The number of rotatable bonds is 38. The molecular weight excluding hydrogens is 652 g/mol. The van der Waals surface area contributed by atoms with Gasteiger partial charge in [-0.2, -0.15) is 0 Å². The molecular formula is C35H64N4O11. The summed E-state index contributed by atoms with van der Waals surface area (Å²) in [5.74, 6) is -0.959. The monoisotopic (exact) mass is 716 g/mol. The molecule has 0 saturated heterocycles. The van der Waals surface area contributed by atoms with Crippen molar-refractivity contribution in [3.63, 3.8) is 0 Å². The molecule has 0 radical (unpaired) electrons. The van der Waals surface area contributed by atoms with Crippen molar-refractivity contribution in [1.82, 2.24) is 21.3 Å². The second-order valence-electron chi connectivity index (χ2n) is 11.8. The number of carbonyl (C=O) groups is 6. The van der Waals surface area contributed by atoms with Gasteiger partial charge in [-0.1, -0.05) is 38.5 Å². The van der Waals surface area contributed by atoms with Gasteiger partial charge in [-0.3, -0.25) is 24.0 Å². The molecule has 0 aromatic carbocycles. The Kier molecular flexibility index (Phi) is 34.8. The van der Waals surface area contributed by atoms with Crippen molar-refractivity contribution in [2.75, 3.05) is 79.0 Å². The normalized spacial score (nSPS) is 10.8. The maximum atomic E-state index is 11.9. The Morgan fingerprint density at radius 3 is 1.22 bits per heavy atom. The van der Waals surface area contributed by atoms with Gasteiger partial charge in [0.1, 0.15) is 6.29 Å². The molecule has 0 rings (SSSR count). The van der Waals surface area contributed by atoms with Gasteiger partial charge < -0.3 is 50.1 Å². The standard InChI is InChI=1S/C35H64N4O11/c40-22-12-11-19-36-31(41)14-8-6-10-18-37-33(43)16-23-47-27-30-50-26-21-39-34(44)17-24-48-28-29-49-25-20-38-32(42)13-7-4-2-1-3-5-9-15-35(45)46/h22H,1-21,23-30H2,(H,36,41)(H,37,43)(H,38,42)(H,39,44)(H,45,46). The number of nitrogens with one attached hydrogen (secondary N) is 4. The number of aldehydes is 1. The van der Waals surface area contributed by atoms with Crippen LogP contribution in [0.3, 0.4) is 0 Å². The molecule has 0 aromatic heterocycles. The quantitative estimate of drug-likeness (QED) is 0.0463. The third-order valence-corrected chi connectivity index (χ3v) is 7.35. The summed E-state index contributed by atoms with van der Waals surface area (Å²) in [4.78, 5) is 68.0. The molecule has 4 amide bonds. The highest BCUT2D eigenvalue weighted by Crippen LogP contribution is 2.09. The van der Waals surface area contributed by atoms with E-state index in [2.05, 4.69) is 21.3 Å². The van der Waals surface area contributed by atoms with Crippen LogP contribution >= 0.6 is 0 Å². The Bertz CT molecular complexity index is 893. The van der Waals surface area contributed by atoms with E-state index in [1.807, 2.05) is 0 Å². The minimum Gasteiger partial charge on any atom is -0.481 e. The van der Waals surface area contributed by atoms with E-state index >= 15 is 0 Å². The molecule has 0 aliphatic carbocycles. The number of amides is 4. The molecule has 0 aliphatic rings. The van der Waals surface area contributed by atoms with Crippen molar-refractivity contribution in [3.05, 3.63) is 0 Å². The van der Waals surface area contributed by atoms with Crippen LogP contribution in [-0.4, -0.2) is 120 Å². The third kappa shape index (κ3) is 37.7. The molecule has 0 aliphatic heterocycles.